The van der Waals surface area contributed by atoms with Crippen molar-refractivity contribution in [1.29, 1.82) is 0 Å². The van der Waals surface area contributed by atoms with Gasteiger partial charge in [-0.25, -0.2) is 0 Å². The monoisotopic (exact) mass is 424 g/mol. The molecule has 0 heterocycles. The first-order valence-corrected chi connectivity index (χ1v) is 9.38. The topological polar surface area (TPSA) is 50.7 Å². The quantitative estimate of drug-likeness (QED) is 0.557. The van der Waals surface area contributed by atoms with Gasteiger partial charge in [-0.2, -0.15) is 0 Å². The average molecular weight is 426 g/mol. The fourth-order valence-corrected chi connectivity index (χ4v) is 3.00. The van der Waals surface area contributed by atoms with Crippen LogP contribution >= 0.6 is 34.8 Å². The predicted molar refractivity (Wildman–Crippen MR) is 113 cm³/mol. The van der Waals surface area contributed by atoms with E-state index in [1.165, 1.54) is 0 Å². The van der Waals surface area contributed by atoms with Crippen molar-refractivity contribution in [2.75, 3.05) is 7.05 Å². The SMILES string of the molecule is CC/C=C(\C=NC)NC(=O)c1cc(Cl)ccc1OCc1c(Cl)cccc1Cl. The first kappa shape index (κ1) is 21.3. The van der Waals surface area contributed by atoms with Crippen molar-refractivity contribution in [2.45, 2.75) is 20.0 Å². The van der Waals surface area contributed by atoms with E-state index in [-0.39, 0.29) is 12.5 Å². The number of nitrogens with one attached hydrogen (secondary N) is 1. The number of aliphatic imine (C=N–C) groups is 1. The number of halogens is 3. The molecular weight excluding hydrogens is 407 g/mol. The van der Waals surface area contributed by atoms with Crippen LogP contribution in [0.15, 0.2) is 53.2 Å². The number of ether oxygens (including phenoxy) is 1. The highest BCUT2D eigenvalue weighted by Crippen LogP contribution is 2.28. The molecule has 0 saturated heterocycles. The largest absolute Gasteiger partial charge is 0.488 e. The maximum Gasteiger partial charge on any atom is 0.259 e. The molecule has 27 heavy (non-hydrogen) atoms. The lowest BCUT2D eigenvalue weighted by Crippen LogP contribution is -2.24. The third kappa shape index (κ3) is 5.99. The third-order valence-electron chi connectivity index (χ3n) is 3.57. The minimum Gasteiger partial charge on any atom is -0.488 e. The summed E-state index contributed by atoms with van der Waals surface area (Å²) in [5, 5.41) is 4.22. The molecule has 0 saturated carbocycles. The summed E-state index contributed by atoms with van der Waals surface area (Å²) in [6.07, 6.45) is 4.20. The molecule has 1 amide bonds. The molecule has 0 aliphatic rings. The van der Waals surface area contributed by atoms with Gasteiger partial charge < -0.3 is 10.1 Å². The number of amides is 1. The van der Waals surface area contributed by atoms with E-state index in [2.05, 4.69) is 10.3 Å². The predicted octanol–water partition coefficient (Wildman–Crippen LogP) is 5.95. The van der Waals surface area contributed by atoms with Gasteiger partial charge in [-0.05, 0) is 36.8 Å². The number of allylic oxidation sites excluding steroid dienone is 2. The fourth-order valence-electron chi connectivity index (χ4n) is 2.32. The number of benzene rings is 2. The molecule has 0 radical (unpaired) electrons. The molecule has 2 rings (SSSR count). The van der Waals surface area contributed by atoms with Gasteiger partial charge in [-0.3, -0.25) is 9.79 Å². The van der Waals surface area contributed by atoms with Gasteiger partial charge in [0.2, 0.25) is 0 Å². The summed E-state index contributed by atoms with van der Waals surface area (Å²) in [4.78, 5) is 16.7. The second-order valence-electron chi connectivity index (χ2n) is 5.54. The summed E-state index contributed by atoms with van der Waals surface area (Å²) in [7, 11) is 1.64. The Bertz CT molecular complexity index is 859. The van der Waals surface area contributed by atoms with Crippen LogP contribution in [-0.2, 0) is 6.61 Å². The number of carbonyl (C=O) groups excluding carboxylic acids is 1. The minimum absolute atomic E-state index is 0.120. The normalized spacial score (nSPS) is 11.7. The molecule has 0 aromatic heterocycles. The molecule has 0 aliphatic carbocycles. The Morgan fingerprint density at radius 1 is 1.19 bits per heavy atom. The molecule has 1 N–H and O–H groups in total. The summed E-state index contributed by atoms with van der Waals surface area (Å²) in [6.45, 7) is 2.09. The van der Waals surface area contributed by atoms with E-state index in [9.17, 15) is 4.79 Å². The van der Waals surface area contributed by atoms with Crippen LogP contribution in [0.1, 0.15) is 29.3 Å². The maximum atomic E-state index is 12.7. The molecule has 2 aromatic carbocycles. The van der Waals surface area contributed by atoms with E-state index in [1.54, 1.807) is 49.7 Å². The van der Waals surface area contributed by atoms with Crippen LogP contribution < -0.4 is 10.1 Å². The summed E-state index contributed by atoms with van der Waals surface area (Å²) in [5.41, 5.74) is 1.55. The van der Waals surface area contributed by atoms with E-state index in [0.717, 1.165) is 6.42 Å². The van der Waals surface area contributed by atoms with Crippen molar-refractivity contribution in [3.8, 4) is 5.75 Å². The third-order valence-corrected chi connectivity index (χ3v) is 4.51. The van der Waals surface area contributed by atoms with E-state index >= 15 is 0 Å². The van der Waals surface area contributed by atoms with Crippen LogP contribution in [0.2, 0.25) is 15.1 Å². The van der Waals surface area contributed by atoms with Crippen molar-refractivity contribution in [2.24, 2.45) is 4.99 Å². The number of nitrogens with zero attached hydrogens (tertiary/aromatic N) is 1. The van der Waals surface area contributed by atoms with Crippen molar-refractivity contribution in [3.63, 3.8) is 0 Å². The Kier molecular flexibility index (Phi) is 8.17. The van der Waals surface area contributed by atoms with Gasteiger partial charge in [0.25, 0.3) is 5.91 Å². The van der Waals surface area contributed by atoms with E-state index < -0.39 is 0 Å². The second kappa shape index (κ2) is 10.4. The number of hydrogen-bond acceptors (Lipinski definition) is 3. The maximum absolute atomic E-state index is 12.7. The van der Waals surface area contributed by atoms with Gasteiger partial charge >= 0.3 is 0 Å². The van der Waals surface area contributed by atoms with E-state index in [1.807, 2.05) is 13.0 Å². The summed E-state index contributed by atoms with van der Waals surface area (Å²) < 4.78 is 5.82. The van der Waals surface area contributed by atoms with Gasteiger partial charge in [-0.15, -0.1) is 0 Å². The number of rotatable bonds is 7. The average Bonchev–Trinajstić information content (AvgIpc) is 2.62. The lowest BCUT2D eigenvalue weighted by atomic mass is 10.1. The summed E-state index contributed by atoms with van der Waals surface area (Å²) in [6, 6.07) is 10.1. The molecule has 142 valence electrons. The molecule has 2 aromatic rings. The molecule has 0 bridgehead atoms. The van der Waals surface area contributed by atoms with Gasteiger partial charge in [0.05, 0.1) is 11.3 Å². The lowest BCUT2D eigenvalue weighted by Gasteiger charge is -2.14. The highest BCUT2D eigenvalue weighted by molar-refractivity contribution is 6.36. The molecule has 0 atom stereocenters. The van der Waals surface area contributed by atoms with Gasteiger partial charge in [0.15, 0.2) is 0 Å². The standard InChI is InChI=1S/C20H19Cl3N2O2/c1-3-5-14(11-24-2)25-20(26)15-10-13(21)8-9-19(15)27-12-16-17(22)6-4-7-18(16)23/h4-11H,3,12H2,1-2H3,(H,25,26)/b14-5+,24-11?. The lowest BCUT2D eigenvalue weighted by molar-refractivity contribution is 0.0963. The van der Waals surface area contributed by atoms with E-state index in [0.29, 0.717) is 37.6 Å². The van der Waals surface area contributed by atoms with Crippen LogP contribution in [0.25, 0.3) is 0 Å². The number of hydrogen-bond donors (Lipinski definition) is 1. The van der Waals surface area contributed by atoms with Crippen LogP contribution in [0.4, 0.5) is 0 Å². The van der Waals surface area contributed by atoms with Gasteiger partial charge in [0.1, 0.15) is 12.4 Å². The fraction of sp³-hybridized carbons (Fsp3) is 0.200. The van der Waals surface area contributed by atoms with Crippen molar-refractivity contribution in [1.82, 2.24) is 5.32 Å². The molecule has 0 unspecified atom stereocenters. The van der Waals surface area contributed by atoms with Gasteiger partial charge in [0, 0.05) is 33.9 Å². The van der Waals surface area contributed by atoms with E-state index in [4.69, 9.17) is 39.5 Å². The van der Waals surface area contributed by atoms with Crippen LogP contribution in [0.5, 0.6) is 5.75 Å². The highest BCUT2D eigenvalue weighted by atomic mass is 35.5. The zero-order chi connectivity index (χ0) is 19.8. The molecule has 4 nitrogen and oxygen atoms in total. The summed E-state index contributed by atoms with van der Waals surface area (Å²) in [5.74, 6) is 0.0227. The van der Waals surface area contributed by atoms with Crippen LogP contribution in [0.3, 0.4) is 0 Å². The molecular formula is C20H19Cl3N2O2. The Balaban J connectivity index is 2.26. The second-order valence-corrected chi connectivity index (χ2v) is 6.79. The Labute approximate surface area is 173 Å². The Hall–Kier alpha value is -2.01. The number of carbonyl (C=O) groups is 1. The highest BCUT2D eigenvalue weighted by Gasteiger charge is 2.15. The smallest absolute Gasteiger partial charge is 0.259 e. The summed E-state index contributed by atoms with van der Waals surface area (Å²) >= 11 is 18.4. The van der Waals surface area contributed by atoms with Crippen LogP contribution in [-0.4, -0.2) is 19.2 Å². The zero-order valence-electron chi connectivity index (χ0n) is 14.9. The Morgan fingerprint density at radius 2 is 1.89 bits per heavy atom. The van der Waals surface area contributed by atoms with Crippen molar-refractivity contribution >= 4 is 46.9 Å². The zero-order valence-corrected chi connectivity index (χ0v) is 17.2. The minimum atomic E-state index is -0.350. The first-order valence-electron chi connectivity index (χ1n) is 8.25. The Morgan fingerprint density at radius 3 is 2.52 bits per heavy atom. The van der Waals surface area contributed by atoms with Crippen LogP contribution in [0, 0.1) is 0 Å². The van der Waals surface area contributed by atoms with Gasteiger partial charge in [-0.1, -0.05) is 53.9 Å². The molecule has 0 aliphatic heterocycles. The molecule has 0 fully saturated rings. The molecule has 0 spiro atoms. The first-order chi connectivity index (χ1) is 13.0. The van der Waals surface area contributed by atoms with Crippen molar-refractivity contribution in [3.05, 3.63) is 74.4 Å². The molecule has 7 heteroatoms. The van der Waals surface area contributed by atoms with Crippen molar-refractivity contribution < 1.29 is 9.53 Å².